The monoisotopic (exact) mass is 429 g/mol. The Kier molecular flexibility index (Phi) is 5.48. The van der Waals surface area contributed by atoms with Gasteiger partial charge >= 0.3 is 0 Å². The Morgan fingerprint density at radius 1 is 1.14 bits per heavy atom. The summed E-state index contributed by atoms with van der Waals surface area (Å²) in [4.78, 5) is 13.9. The molecular formula is C20H16ClN3O4S. The third kappa shape index (κ3) is 3.82. The van der Waals surface area contributed by atoms with Gasteiger partial charge in [0.15, 0.2) is 11.5 Å². The number of rotatable bonds is 6. The van der Waals surface area contributed by atoms with Gasteiger partial charge < -0.3 is 14.6 Å². The van der Waals surface area contributed by atoms with Crippen molar-refractivity contribution in [3.63, 3.8) is 0 Å². The van der Waals surface area contributed by atoms with Crippen LogP contribution in [0.2, 0.25) is 5.02 Å². The van der Waals surface area contributed by atoms with Gasteiger partial charge in [-0.15, -0.1) is 16.4 Å². The summed E-state index contributed by atoms with van der Waals surface area (Å²) >= 11 is 7.30. The van der Waals surface area contributed by atoms with Crippen molar-refractivity contribution >= 4 is 33.2 Å². The minimum absolute atomic E-state index is 0.110. The normalized spacial score (nSPS) is 11.0. The van der Waals surface area contributed by atoms with Gasteiger partial charge in [0.05, 0.1) is 19.4 Å². The molecule has 29 heavy (non-hydrogen) atoms. The summed E-state index contributed by atoms with van der Waals surface area (Å²) in [5.41, 5.74) is 1.72. The van der Waals surface area contributed by atoms with E-state index in [4.69, 9.17) is 26.2 Å². The molecule has 0 unspecified atom stereocenters. The molecule has 148 valence electrons. The zero-order valence-corrected chi connectivity index (χ0v) is 16.9. The largest absolute Gasteiger partial charge is 0.493 e. The molecule has 0 spiro atoms. The highest BCUT2D eigenvalue weighted by Crippen LogP contribution is 2.32. The molecule has 0 saturated heterocycles. The van der Waals surface area contributed by atoms with E-state index in [1.165, 1.54) is 23.1 Å². The number of halogens is 1. The van der Waals surface area contributed by atoms with Crippen molar-refractivity contribution in [2.75, 3.05) is 20.3 Å². The van der Waals surface area contributed by atoms with Crippen LogP contribution in [0, 0.1) is 0 Å². The quantitative estimate of drug-likeness (QED) is 0.504. The summed E-state index contributed by atoms with van der Waals surface area (Å²) in [7, 11) is 1.50. The molecule has 1 N–H and O–H groups in total. The Balaban J connectivity index is 1.76. The fraction of sp³-hybridized carbons (Fsp3) is 0.150. The van der Waals surface area contributed by atoms with Crippen molar-refractivity contribution < 1.29 is 14.6 Å². The van der Waals surface area contributed by atoms with E-state index in [0.29, 0.717) is 32.4 Å². The van der Waals surface area contributed by atoms with Crippen LogP contribution in [0.4, 0.5) is 0 Å². The first-order valence-corrected chi connectivity index (χ1v) is 9.87. The summed E-state index contributed by atoms with van der Waals surface area (Å²) in [5.74, 6) is 0.895. The molecule has 9 heteroatoms. The Morgan fingerprint density at radius 2 is 1.93 bits per heavy atom. The number of thiophene rings is 1. The van der Waals surface area contributed by atoms with Crippen LogP contribution >= 0.6 is 22.9 Å². The van der Waals surface area contributed by atoms with Gasteiger partial charge in [-0.3, -0.25) is 4.79 Å². The van der Waals surface area contributed by atoms with Crippen LogP contribution in [-0.2, 0) is 0 Å². The van der Waals surface area contributed by atoms with Crippen molar-refractivity contribution in [3.8, 4) is 27.6 Å². The molecule has 4 rings (SSSR count). The smallest absolute Gasteiger partial charge is 0.292 e. The lowest BCUT2D eigenvalue weighted by molar-refractivity contribution is 0.196. The van der Waals surface area contributed by atoms with Crippen LogP contribution in [0.25, 0.3) is 26.3 Å². The van der Waals surface area contributed by atoms with Crippen LogP contribution in [0.15, 0.2) is 53.3 Å². The highest BCUT2D eigenvalue weighted by molar-refractivity contribution is 7.22. The molecule has 0 aliphatic carbocycles. The second kappa shape index (κ2) is 8.20. The minimum Gasteiger partial charge on any atom is -0.493 e. The summed E-state index contributed by atoms with van der Waals surface area (Å²) < 4.78 is 12.5. The lowest BCUT2D eigenvalue weighted by atomic mass is 10.2. The second-order valence-corrected chi connectivity index (χ2v) is 7.53. The van der Waals surface area contributed by atoms with Gasteiger partial charge in [-0.05, 0) is 35.9 Å². The van der Waals surface area contributed by atoms with Gasteiger partial charge in [-0.25, -0.2) is 0 Å². The van der Waals surface area contributed by atoms with Crippen molar-refractivity contribution in [1.82, 2.24) is 15.0 Å². The van der Waals surface area contributed by atoms with Crippen LogP contribution in [-0.4, -0.2) is 40.4 Å². The molecule has 2 heterocycles. The molecule has 0 bridgehead atoms. The minimum atomic E-state index is -0.272. The maximum absolute atomic E-state index is 13.0. The zero-order valence-electron chi connectivity index (χ0n) is 15.3. The van der Waals surface area contributed by atoms with E-state index in [-0.39, 0.29) is 18.8 Å². The number of hydrogen-bond acceptors (Lipinski definition) is 7. The molecule has 4 aromatic rings. The fourth-order valence-corrected chi connectivity index (χ4v) is 3.98. The third-order valence-electron chi connectivity index (χ3n) is 4.21. The Morgan fingerprint density at radius 3 is 2.66 bits per heavy atom. The summed E-state index contributed by atoms with van der Waals surface area (Å²) in [6, 6.07) is 14.2. The van der Waals surface area contributed by atoms with Crippen LogP contribution in [0.3, 0.4) is 0 Å². The van der Waals surface area contributed by atoms with E-state index < -0.39 is 0 Å². The number of hydrogen-bond donors (Lipinski definition) is 1. The number of nitrogens with zero attached hydrogens (tertiary/aromatic N) is 3. The summed E-state index contributed by atoms with van der Waals surface area (Å²) in [6.07, 6.45) is 0. The molecule has 0 aliphatic rings. The summed E-state index contributed by atoms with van der Waals surface area (Å²) in [6.45, 7) is 0.0327. The number of aliphatic hydroxyl groups is 1. The van der Waals surface area contributed by atoms with E-state index in [0.717, 1.165) is 10.4 Å². The summed E-state index contributed by atoms with van der Waals surface area (Å²) in [5, 5.41) is 17.8. The van der Waals surface area contributed by atoms with Crippen LogP contribution in [0.1, 0.15) is 0 Å². The van der Waals surface area contributed by atoms with E-state index in [1.807, 2.05) is 18.2 Å². The SMILES string of the molecule is COc1cc(-n2nnc3cc(-c4ccc(Cl)cc4)sc3c2=O)ccc1OCCO. The first kappa shape index (κ1) is 19.4. The number of methoxy groups -OCH3 is 1. The van der Waals surface area contributed by atoms with E-state index in [1.54, 1.807) is 30.3 Å². The van der Waals surface area contributed by atoms with E-state index >= 15 is 0 Å². The van der Waals surface area contributed by atoms with Gasteiger partial charge in [0.1, 0.15) is 16.8 Å². The maximum Gasteiger partial charge on any atom is 0.292 e. The highest BCUT2D eigenvalue weighted by atomic mass is 35.5. The predicted octanol–water partition coefficient (Wildman–Crippen LogP) is 3.54. The van der Waals surface area contributed by atoms with Crippen molar-refractivity contribution in [1.29, 1.82) is 0 Å². The van der Waals surface area contributed by atoms with Gasteiger partial charge in [0.25, 0.3) is 5.56 Å². The van der Waals surface area contributed by atoms with Crippen molar-refractivity contribution in [3.05, 3.63) is 63.9 Å². The van der Waals surface area contributed by atoms with Gasteiger partial charge in [-0.1, -0.05) is 28.9 Å². The first-order chi connectivity index (χ1) is 14.1. The Labute approximate surface area is 174 Å². The molecule has 0 saturated carbocycles. The Bertz CT molecular complexity index is 1220. The van der Waals surface area contributed by atoms with Crippen LogP contribution < -0.4 is 15.0 Å². The molecule has 2 aromatic heterocycles. The molecule has 0 radical (unpaired) electrons. The average Bonchev–Trinajstić information content (AvgIpc) is 3.18. The molecule has 7 nitrogen and oxygen atoms in total. The lowest BCUT2D eigenvalue weighted by Gasteiger charge is -2.11. The van der Waals surface area contributed by atoms with E-state index in [2.05, 4.69) is 10.3 Å². The molecule has 2 aromatic carbocycles. The first-order valence-electron chi connectivity index (χ1n) is 8.68. The predicted molar refractivity (Wildman–Crippen MR) is 113 cm³/mol. The molecule has 0 fully saturated rings. The van der Waals surface area contributed by atoms with Gasteiger partial charge in [-0.2, -0.15) is 4.68 Å². The standard InChI is InChI=1S/C20H16ClN3O4S/c1-27-17-10-14(6-7-16(17)28-9-8-25)24-20(26)19-15(22-23-24)11-18(29-19)12-2-4-13(21)5-3-12/h2-7,10-11,25H,8-9H2,1H3. The van der Waals surface area contributed by atoms with E-state index in [9.17, 15) is 4.79 Å². The number of aliphatic hydroxyl groups excluding tert-OH is 1. The van der Waals surface area contributed by atoms with Crippen molar-refractivity contribution in [2.24, 2.45) is 0 Å². The molecule has 0 amide bonds. The zero-order chi connectivity index (χ0) is 20.4. The molecular weight excluding hydrogens is 414 g/mol. The molecule has 0 atom stereocenters. The van der Waals surface area contributed by atoms with Gasteiger partial charge in [0.2, 0.25) is 0 Å². The molecule has 0 aliphatic heterocycles. The topological polar surface area (TPSA) is 86.5 Å². The van der Waals surface area contributed by atoms with Crippen molar-refractivity contribution in [2.45, 2.75) is 0 Å². The number of fused-ring (bicyclic) bond motifs is 1. The Hall–Kier alpha value is -2.94. The van der Waals surface area contributed by atoms with Gasteiger partial charge in [0, 0.05) is 16.0 Å². The maximum atomic E-state index is 13.0. The lowest BCUT2D eigenvalue weighted by Crippen LogP contribution is -2.21. The fourth-order valence-electron chi connectivity index (χ4n) is 2.83. The number of aromatic nitrogens is 3. The second-order valence-electron chi connectivity index (χ2n) is 6.05. The highest BCUT2D eigenvalue weighted by Gasteiger charge is 2.14. The average molecular weight is 430 g/mol. The number of ether oxygens (including phenoxy) is 2. The number of benzene rings is 2. The third-order valence-corrected chi connectivity index (χ3v) is 5.62. The van der Waals surface area contributed by atoms with Crippen LogP contribution in [0.5, 0.6) is 11.5 Å².